The minimum Gasteiger partial charge on any atom is -0.491 e. The van der Waals surface area contributed by atoms with Gasteiger partial charge in [0.05, 0.1) is 12.3 Å². The van der Waals surface area contributed by atoms with Gasteiger partial charge in [-0.25, -0.2) is 0 Å². The van der Waals surface area contributed by atoms with Crippen molar-refractivity contribution in [3.8, 4) is 5.75 Å². The Morgan fingerprint density at radius 1 is 1.21 bits per heavy atom. The summed E-state index contributed by atoms with van der Waals surface area (Å²) in [5.74, 6) is 1.47. The Kier molecular flexibility index (Phi) is 4.86. The standard InChI is InChI=1S/C16H21NOS/c1-12(2)11-18-15-7-5-4-6-14(15)17-10-16-13(3)8-9-19-16/h4-9,12,17H,10-11H2,1-3H3. The van der Waals surface area contributed by atoms with Crippen molar-refractivity contribution in [2.45, 2.75) is 27.3 Å². The summed E-state index contributed by atoms with van der Waals surface area (Å²) >= 11 is 1.79. The van der Waals surface area contributed by atoms with Crippen LogP contribution in [0.3, 0.4) is 0 Å². The van der Waals surface area contributed by atoms with Gasteiger partial charge in [-0.2, -0.15) is 0 Å². The second kappa shape index (κ2) is 6.62. The van der Waals surface area contributed by atoms with Gasteiger partial charge in [0.1, 0.15) is 5.75 Å². The molecule has 2 rings (SSSR count). The molecule has 2 aromatic rings. The van der Waals surface area contributed by atoms with E-state index >= 15 is 0 Å². The smallest absolute Gasteiger partial charge is 0.142 e. The third kappa shape index (κ3) is 4.00. The summed E-state index contributed by atoms with van der Waals surface area (Å²) in [4.78, 5) is 1.37. The van der Waals surface area contributed by atoms with Gasteiger partial charge in [0.15, 0.2) is 0 Å². The molecule has 0 radical (unpaired) electrons. The maximum Gasteiger partial charge on any atom is 0.142 e. The van der Waals surface area contributed by atoms with E-state index in [9.17, 15) is 0 Å². The fraction of sp³-hybridized carbons (Fsp3) is 0.375. The molecule has 102 valence electrons. The maximum atomic E-state index is 5.84. The number of rotatable bonds is 6. The highest BCUT2D eigenvalue weighted by molar-refractivity contribution is 7.10. The number of anilines is 1. The summed E-state index contributed by atoms with van der Waals surface area (Å²) in [6, 6.07) is 10.3. The van der Waals surface area contributed by atoms with E-state index in [1.54, 1.807) is 11.3 Å². The van der Waals surface area contributed by atoms with E-state index in [1.165, 1.54) is 10.4 Å². The zero-order valence-corrected chi connectivity index (χ0v) is 12.6. The Morgan fingerprint density at radius 3 is 2.68 bits per heavy atom. The van der Waals surface area contributed by atoms with Crippen LogP contribution in [0.4, 0.5) is 5.69 Å². The van der Waals surface area contributed by atoms with Crippen LogP contribution >= 0.6 is 11.3 Å². The highest BCUT2D eigenvalue weighted by Crippen LogP contribution is 2.26. The van der Waals surface area contributed by atoms with Gasteiger partial charge >= 0.3 is 0 Å². The molecular formula is C16H21NOS. The minimum absolute atomic E-state index is 0.535. The summed E-state index contributed by atoms with van der Waals surface area (Å²) in [6.07, 6.45) is 0. The highest BCUT2D eigenvalue weighted by Gasteiger charge is 2.05. The summed E-state index contributed by atoms with van der Waals surface area (Å²) < 4.78 is 5.84. The minimum atomic E-state index is 0.535. The Bertz CT molecular complexity index is 519. The molecule has 0 bridgehead atoms. The van der Waals surface area contributed by atoms with Gasteiger partial charge in [0, 0.05) is 11.4 Å². The summed E-state index contributed by atoms with van der Waals surface area (Å²) in [5, 5.41) is 5.60. The number of nitrogens with one attached hydrogen (secondary N) is 1. The first-order valence-corrected chi connectivity index (χ1v) is 7.53. The van der Waals surface area contributed by atoms with Crippen LogP contribution in [0.1, 0.15) is 24.3 Å². The number of para-hydroxylation sites is 2. The van der Waals surface area contributed by atoms with Crippen LogP contribution in [0.2, 0.25) is 0 Å². The molecule has 0 saturated heterocycles. The molecular weight excluding hydrogens is 254 g/mol. The van der Waals surface area contributed by atoms with Gasteiger partial charge in [-0.1, -0.05) is 26.0 Å². The quantitative estimate of drug-likeness (QED) is 0.824. The van der Waals surface area contributed by atoms with E-state index in [2.05, 4.69) is 43.6 Å². The summed E-state index contributed by atoms with van der Waals surface area (Å²) in [6.45, 7) is 8.06. The zero-order chi connectivity index (χ0) is 13.7. The molecule has 0 aliphatic carbocycles. The molecule has 3 heteroatoms. The molecule has 1 heterocycles. The molecule has 0 amide bonds. The van der Waals surface area contributed by atoms with Gasteiger partial charge in [0.2, 0.25) is 0 Å². The lowest BCUT2D eigenvalue weighted by Crippen LogP contribution is -2.07. The van der Waals surface area contributed by atoms with E-state index in [-0.39, 0.29) is 0 Å². The highest BCUT2D eigenvalue weighted by atomic mass is 32.1. The fourth-order valence-electron chi connectivity index (χ4n) is 1.76. The molecule has 1 N–H and O–H groups in total. The molecule has 2 nitrogen and oxygen atoms in total. The van der Waals surface area contributed by atoms with Crippen LogP contribution in [0.15, 0.2) is 35.7 Å². The van der Waals surface area contributed by atoms with Gasteiger partial charge in [-0.15, -0.1) is 11.3 Å². The first-order valence-electron chi connectivity index (χ1n) is 6.65. The van der Waals surface area contributed by atoms with Crippen molar-refractivity contribution < 1.29 is 4.74 Å². The monoisotopic (exact) mass is 275 g/mol. The maximum absolute atomic E-state index is 5.84. The number of hydrogen-bond donors (Lipinski definition) is 1. The van der Waals surface area contributed by atoms with Gasteiger partial charge in [-0.3, -0.25) is 0 Å². The van der Waals surface area contributed by atoms with Gasteiger partial charge in [-0.05, 0) is 42.0 Å². The molecule has 0 unspecified atom stereocenters. The molecule has 0 atom stereocenters. The van der Waals surface area contributed by atoms with Crippen LogP contribution in [-0.2, 0) is 6.54 Å². The Hall–Kier alpha value is -1.48. The average Bonchev–Trinajstić information content (AvgIpc) is 2.80. The zero-order valence-electron chi connectivity index (χ0n) is 11.8. The molecule has 0 saturated carbocycles. The third-order valence-electron chi connectivity index (χ3n) is 2.87. The number of ether oxygens (including phenoxy) is 1. The van der Waals surface area contributed by atoms with E-state index in [4.69, 9.17) is 4.74 Å². The predicted molar refractivity (Wildman–Crippen MR) is 83.2 cm³/mol. The van der Waals surface area contributed by atoms with Crippen molar-refractivity contribution in [3.63, 3.8) is 0 Å². The molecule has 0 fully saturated rings. The van der Waals surface area contributed by atoms with E-state index in [0.717, 1.165) is 24.6 Å². The second-order valence-electron chi connectivity index (χ2n) is 5.08. The summed E-state index contributed by atoms with van der Waals surface area (Å²) in [7, 11) is 0. The number of thiophene rings is 1. The molecule has 1 aromatic carbocycles. The number of hydrogen-bond acceptors (Lipinski definition) is 3. The Morgan fingerprint density at radius 2 is 2.00 bits per heavy atom. The van der Waals surface area contributed by atoms with Crippen LogP contribution in [0.25, 0.3) is 0 Å². The van der Waals surface area contributed by atoms with E-state index in [0.29, 0.717) is 5.92 Å². The molecule has 0 spiro atoms. The van der Waals surface area contributed by atoms with Gasteiger partial charge in [0.25, 0.3) is 0 Å². The molecule has 0 aliphatic heterocycles. The Balaban J connectivity index is 2.01. The third-order valence-corrected chi connectivity index (χ3v) is 3.89. The first-order chi connectivity index (χ1) is 9.16. The van der Waals surface area contributed by atoms with E-state index in [1.807, 2.05) is 18.2 Å². The molecule has 19 heavy (non-hydrogen) atoms. The summed E-state index contributed by atoms with van der Waals surface area (Å²) in [5.41, 5.74) is 2.41. The lowest BCUT2D eigenvalue weighted by Gasteiger charge is -2.14. The number of aryl methyl sites for hydroxylation is 1. The van der Waals surface area contributed by atoms with Crippen molar-refractivity contribution in [2.75, 3.05) is 11.9 Å². The largest absolute Gasteiger partial charge is 0.491 e. The van der Waals surface area contributed by atoms with Gasteiger partial charge < -0.3 is 10.1 Å². The van der Waals surface area contributed by atoms with Crippen molar-refractivity contribution >= 4 is 17.0 Å². The first kappa shape index (κ1) is 13.9. The topological polar surface area (TPSA) is 21.3 Å². The normalized spacial score (nSPS) is 10.7. The number of benzene rings is 1. The van der Waals surface area contributed by atoms with E-state index < -0.39 is 0 Å². The molecule has 1 aromatic heterocycles. The van der Waals surface area contributed by atoms with Crippen molar-refractivity contribution in [3.05, 3.63) is 46.2 Å². The SMILES string of the molecule is Cc1ccsc1CNc1ccccc1OCC(C)C. The lowest BCUT2D eigenvalue weighted by molar-refractivity contribution is 0.272. The van der Waals surface area contributed by atoms with Crippen molar-refractivity contribution in [2.24, 2.45) is 5.92 Å². The van der Waals surface area contributed by atoms with Crippen molar-refractivity contribution in [1.29, 1.82) is 0 Å². The fourth-order valence-corrected chi connectivity index (χ4v) is 2.60. The lowest BCUT2D eigenvalue weighted by atomic mass is 10.2. The van der Waals surface area contributed by atoms with Crippen LogP contribution in [0.5, 0.6) is 5.75 Å². The van der Waals surface area contributed by atoms with Crippen LogP contribution in [0, 0.1) is 12.8 Å². The Labute approximate surface area is 119 Å². The van der Waals surface area contributed by atoms with Crippen LogP contribution < -0.4 is 10.1 Å². The molecule has 0 aliphatic rings. The van der Waals surface area contributed by atoms with Crippen molar-refractivity contribution in [1.82, 2.24) is 0 Å². The predicted octanol–water partition coefficient (Wildman–Crippen LogP) is 4.70. The second-order valence-corrected chi connectivity index (χ2v) is 6.08. The average molecular weight is 275 g/mol. The van der Waals surface area contributed by atoms with Crippen LogP contribution in [-0.4, -0.2) is 6.61 Å².